The lowest BCUT2D eigenvalue weighted by atomic mass is 9.82. The highest BCUT2D eigenvalue weighted by Gasteiger charge is 2.24. The summed E-state index contributed by atoms with van der Waals surface area (Å²) in [6.45, 7) is 8.50. The van der Waals surface area contributed by atoms with E-state index in [1.54, 1.807) is 0 Å². The molecule has 0 fully saturated rings. The van der Waals surface area contributed by atoms with Gasteiger partial charge >= 0.3 is 0 Å². The SMILES string of the molecule is Cc1cccc([C@](C)(N)C(C)C)c1. The van der Waals surface area contributed by atoms with Gasteiger partial charge in [0.1, 0.15) is 0 Å². The van der Waals surface area contributed by atoms with Crippen molar-refractivity contribution in [3.05, 3.63) is 35.4 Å². The van der Waals surface area contributed by atoms with Crippen molar-refractivity contribution in [1.82, 2.24) is 0 Å². The van der Waals surface area contributed by atoms with Gasteiger partial charge in [0.2, 0.25) is 0 Å². The van der Waals surface area contributed by atoms with E-state index in [4.69, 9.17) is 5.73 Å². The summed E-state index contributed by atoms with van der Waals surface area (Å²) in [6, 6.07) is 8.44. The molecule has 0 aliphatic rings. The van der Waals surface area contributed by atoms with Crippen molar-refractivity contribution in [2.45, 2.75) is 33.2 Å². The fraction of sp³-hybridized carbons (Fsp3) is 0.500. The molecular formula is C12H19N. The van der Waals surface area contributed by atoms with Crippen LogP contribution in [0.1, 0.15) is 31.9 Å². The smallest absolute Gasteiger partial charge is 0.0404 e. The molecule has 0 saturated heterocycles. The minimum atomic E-state index is -0.216. The molecule has 1 atom stereocenters. The molecule has 0 heterocycles. The minimum absolute atomic E-state index is 0.216. The third-order valence-electron chi connectivity index (χ3n) is 2.84. The van der Waals surface area contributed by atoms with Gasteiger partial charge in [-0.15, -0.1) is 0 Å². The normalized spacial score (nSPS) is 15.8. The van der Waals surface area contributed by atoms with Crippen molar-refractivity contribution in [1.29, 1.82) is 0 Å². The molecule has 0 saturated carbocycles. The maximum absolute atomic E-state index is 6.25. The summed E-state index contributed by atoms with van der Waals surface area (Å²) in [5.74, 6) is 0.453. The molecule has 13 heavy (non-hydrogen) atoms. The van der Waals surface area contributed by atoms with Crippen molar-refractivity contribution in [3.8, 4) is 0 Å². The third-order valence-corrected chi connectivity index (χ3v) is 2.84. The average Bonchev–Trinajstić information content (AvgIpc) is 2.04. The summed E-state index contributed by atoms with van der Waals surface area (Å²) in [6.07, 6.45) is 0. The maximum atomic E-state index is 6.25. The van der Waals surface area contributed by atoms with Crippen LogP contribution in [0.15, 0.2) is 24.3 Å². The first-order chi connectivity index (χ1) is 5.94. The Labute approximate surface area is 81.0 Å². The van der Waals surface area contributed by atoms with Crippen molar-refractivity contribution in [2.24, 2.45) is 11.7 Å². The fourth-order valence-corrected chi connectivity index (χ4v) is 1.31. The molecule has 1 aromatic rings. The highest BCUT2D eigenvalue weighted by Crippen LogP contribution is 2.26. The van der Waals surface area contributed by atoms with Crippen LogP contribution in [0.2, 0.25) is 0 Å². The molecule has 0 aliphatic heterocycles. The summed E-state index contributed by atoms with van der Waals surface area (Å²) >= 11 is 0. The average molecular weight is 177 g/mol. The Morgan fingerprint density at radius 2 is 1.92 bits per heavy atom. The lowest BCUT2D eigenvalue weighted by molar-refractivity contribution is 0.350. The van der Waals surface area contributed by atoms with Crippen LogP contribution in [0, 0.1) is 12.8 Å². The molecule has 0 aromatic heterocycles. The van der Waals surface area contributed by atoms with E-state index < -0.39 is 0 Å². The zero-order chi connectivity index (χ0) is 10.1. The van der Waals surface area contributed by atoms with Gasteiger partial charge in [-0.2, -0.15) is 0 Å². The predicted molar refractivity (Wildman–Crippen MR) is 57.6 cm³/mol. The largest absolute Gasteiger partial charge is 0.321 e. The first-order valence-corrected chi connectivity index (χ1v) is 4.80. The van der Waals surface area contributed by atoms with Crippen molar-refractivity contribution in [2.75, 3.05) is 0 Å². The van der Waals surface area contributed by atoms with Crippen LogP contribution in [-0.4, -0.2) is 0 Å². The van der Waals surface area contributed by atoms with Crippen LogP contribution in [0.4, 0.5) is 0 Å². The van der Waals surface area contributed by atoms with Crippen molar-refractivity contribution < 1.29 is 0 Å². The van der Waals surface area contributed by atoms with Gasteiger partial charge in [-0.3, -0.25) is 0 Å². The monoisotopic (exact) mass is 177 g/mol. The number of aryl methyl sites for hydroxylation is 1. The molecule has 2 N–H and O–H groups in total. The Morgan fingerprint density at radius 3 is 2.38 bits per heavy atom. The predicted octanol–water partition coefficient (Wildman–Crippen LogP) is 2.82. The topological polar surface area (TPSA) is 26.0 Å². The zero-order valence-electron chi connectivity index (χ0n) is 8.96. The van der Waals surface area contributed by atoms with Crippen LogP contribution in [0.5, 0.6) is 0 Å². The molecule has 1 rings (SSSR count). The summed E-state index contributed by atoms with van der Waals surface area (Å²) in [5.41, 5.74) is 8.53. The molecule has 0 radical (unpaired) electrons. The van der Waals surface area contributed by atoms with Gasteiger partial charge < -0.3 is 5.73 Å². The standard InChI is InChI=1S/C12H19N/c1-9(2)12(4,13)11-7-5-6-10(3)8-11/h5-9H,13H2,1-4H3/t12-/m1/s1. The second kappa shape index (κ2) is 3.51. The van der Waals surface area contributed by atoms with E-state index in [0.29, 0.717) is 5.92 Å². The molecule has 0 amide bonds. The van der Waals surface area contributed by atoms with Crippen molar-refractivity contribution in [3.63, 3.8) is 0 Å². The quantitative estimate of drug-likeness (QED) is 0.738. The number of benzene rings is 1. The Balaban J connectivity index is 3.07. The molecule has 1 nitrogen and oxygen atoms in total. The fourth-order valence-electron chi connectivity index (χ4n) is 1.31. The Kier molecular flexibility index (Phi) is 2.77. The molecule has 1 aromatic carbocycles. The van der Waals surface area contributed by atoms with Gasteiger partial charge in [0.25, 0.3) is 0 Å². The van der Waals surface area contributed by atoms with E-state index >= 15 is 0 Å². The van der Waals surface area contributed by atoms with Gasteiger partial charge in [0.05, 0.1) is 0 Å². The highest BCUT2D eigenvalue weighted by molar-refractivity contribution is 5.28. The Bertz CT molecular complexity index is 287. The van der Waals surface area contributed by atoms with Crippen LogP contribution in [-0.2, 0) is 5.54 Å². The lowest BCUT2D eigenvalue weighted by Crippen LogP contribution is -2.38. The van der Waals surface area contributed by atoms with Gasteiger partial charge in [0, 0.05) is 5.54 Å². The van der Waals surface area contributed by atoms with Crippen LogP contribution < -0.4 is 5.73 Å². The summed E-state index contributed by atoms with van der Waals surface area (Å²) < 4.78 is 0. The third kappa shape index (κ3) is 2.10. The first-order valence-electron chi connectivity index (χ1n) is 4.80. The summed E-state index contributed by atoms with van der Waals surface area (Å²) in [4.78, 5) is 0. The van der Waals surface area contributed by atoms with E-state index in [9.17, 15) is 0 Å². The molecule has 0 spiro atoms. The summed E-state index contributed by atoms with van der Waals surface area (Å²) in [5, 5.41) is 0. The number of nitrogens with two attached hydrogens (primary N) is 1. The Hall–Kier alpha value is -0.820. The molecule has 1 heteroatoms. The van der Waals surface area contributed by atoms with Crippen LogP contribution in [0.25, 0.3) is 0 Å². The van der Waals surface area contributed by atoms with E-state index in [1.165, 1.54) is 11.1 Å². The van der Waals surface area contributed by atoms with E-state index in [2.05, 4.69) is 52.0 Å². The molecule has 0 aliphatic carbocycles. The number of rotatable bonds is 2. The van der Waals surface area contributed by atoms with E-state index in [0.717, 1.165) is 0 Å². The molecule has 0 unspecified atom stereocenters. The second-order valence-corrected chi connectivity index (χ2v) is 4.31. The van der Waals surface area contributed by atoms with Gasteiger partial charge in [-0.25, -0.2) is 0 Å². The van der Waals surface area contributed by atoms with Crippen molar-refractivity contribution >= 4 is 0 Å². The maximum Gasteiger partial charge on any atom is 0.0404 e. The number of hydrogen-bond donors (Lipinski definition) is 1. The second-order valence-electron chi connectivity index (χ2n) is 4.31. The summed E-state index contributed by atoms with van der Waals surface area (Å²) in [7, 11) is 0. The van der Waals surface area contributed by atoms with Crippen LogP contribution >= 0.6 is 0 Å². The minimum Gasteiger partial charge on any atom is -0.321 e. The van der Waals surface area contributed by atoms with Gasteiger partial charge in [-0.05, 0) is 25.3 Å². The lowest BCUT2D eigenvalue weighted by Gasteiger charge is -2.30. The van der Waals surface area contributed by atoms with E-state index in [1.807, 2.05) is 0 Å². The number of hydrogen-bond acceptors (Lipinski definition) is 1. The molecular weight excluding hydrogens is 158 g/mol. The van der Waals surface area contributed by atoms with E-state index in [-0.39, 0.29) is 5.54 Å². The molecule has 72 valence electrons. The first kappa shape index (κ1) is 10.3. The van der Waals surface area contributed by atoms with Gasteiger partial charge in [0.15, 0.2) is 0 Å². The zero-order valence-corrected chi connectivity index (χ0v) is 8.96. The van der Waals surface area contributed by atoms with Crippen LogP contribution in [0.3, 0.4) is 0 Å². The molecule has 0 bridgehead atoms. The Morgan fingerprint density at radius 1 is 1.31 bits per heavy atom. The van der Waals surface area contributed by atoms with Gasteiger partial charge in [-0.1, -0.05) is 43.7 Å². The highest BCUT2D eigenvalue weighted by atomic mass is 14.7.